The third-order valence-electron chi connectivity index (χ3n) is 4.10. The highest BCUT2D eigenvalue weighted by Gasteiger charge is 2.03. The first-order chi connectivity index (χ1) is 10.9. The lowest BCUT2D eigenvalue weighted by atomic mass is 10.2. The molecule has 6 N–H and O–H groups in total. The van der Waals surface area contributed by atoms with E-state index in [4.69, 9.17) is 0 Å². The third-order valence-corrected chi connectivity index (χ3v) is 4.10. The molecular formula is C18H24N6. The van der Waals surface area contributed by atoms with Gasteiger partial charge in [-0.2, -0.15) is 0 Å². The number of aryl methyl sites for hydroxylation is 2. The molecule has 126 valence electrons. The maximum Gasteiger partial charge on any atom is 0.0958 e. The van der Waals surface area contributed by atoms with Crippen molar-refractivity contribution in [2.45, 2.75) is 25.9 Å². The molecule has 0 unspecified atom stereocenters. The van der Waals surface area contributed by atoms with Gasteiger partial charge in [-0.25, -0.2) is 9.97 Å². The number of benzene rings is 2. The van der Waals surface area contributed by atoms with Crippen LogP contribution in [0.3, 0.4) is 0 Å². The van der Waals surface area contributed by atoms with Crippen molar-refractivity contribution in [1.82, 2.24) is 31.4 Å². The minimum Gasteiger partial charge on any atom is -0.344 e. The number of rotatable bonds is 5. The Hall–Kier alpha value is -2.70. The summed E-state index contributed by atoms with van der Waals surface area (Å²) in [5, 5.41) is 0. The molecule has 24 heavy (non-hydrogen) atoms. The summed E-state index contributed by atoms with van der Waals surface area (Å²) in [6.07, 6.45) is 6.15. The second-order valence-electron chi connectivity index (χ2n) is 5.56. The van der Waals surface area contributed by atoms with Crippen molar-refractivity contribution >= 4 is 22.1 Å². The van der Waals surface area contributed by atoms with Gasteiger partial charge < -0.3 is 21.4 Å². The molecular weight excluding hydrogens is 300 g/mol. The maximum absolute atomic E-state index is 4.44. The van der Waals surface area contributed by atoms with E-state index in [0.717, 1.165) is 37.0 Å². The molecule has 2 aromatic heterocycles. The molecule has 0 atom stereocenters. The predicted molar refractivity (Wildman–Crippen MR) is 98.7 cm³/mol. The molecule has 4 aromatic rings. The van der Waals surface area contributed by atoms with E-state index in [1.807, 2.05) is 24.8 Å². The van der Waals surface area contributed by atoms with Crippen molar-refractivity contribution < 1.29 is 0 Å². The van der Waals surface area contributed by atoms with Crippen LogP contribution in [0.15, 0.2) is 61.2 Å². The number of hydrogen-bond donors (Lipinski definition) is 2. The van der Waals surface area contributed by atoms with E-state index in [0.29, 0.717) is 0 Å². The molecule has 4 rings (SSSR count). The summed E-state index contributed by atoms with van der Waals surface area (Å²) >= 11 is 0. The third kappa shape index (κ3) is 3.29. The SMILES string of the molecule is N.N.c1ccc2c(c1)ncn2CCCCn1cnc2ccccc21. The number of aromatic nitrogens is 4. The van der Waals surface area contributed by atoms with Crippen LogP contribution in [0, 0.1) is 0 Å². The fourth-order valence-corrected chi connectivity index (χ4v) is 2.94. The Morgan fingerprint density at radius 1 is 0.625 bits per heavy atom. The summed E-state index contributed by atoms with van der Waals surface area (Å²) in [6.45, 7) is 2.01. The summed E-state index contributed by atoms with van der Waals surface area (Å²) in [5.41, 5.74) is 4.58. The molecule has 0 aliphatic heterocycles. The maximum atomic E-state index is 4.44. The highest BCUT2D eigenvalue weighted by atomic mass is 15.1. The molecule has 2 heterocycles. The first-order valence-electron chi connectivity index (χ1n) is 7.71. The average molecular weight is 324 g/mol. The standard InChI is InChI=1S/C18H18N4.2H3N/c1-3-9-17-15(7-1)19-13-21(17)11-5-6-12-22-14-20-16-8-2-4-10-18(16)22;;/h1-4,7-10,13-14H,5-6,11-12H2;2*1H3. The van der Waals surface area contributed by atoms with Crippen molar-refractivity contribution in [2.75, 3.05) is 0 Å². The summed E-state index contributed by atoms with van der Waals surface area (Å²) < 4.78 is 4.47. The first kappa shape index (κ1) is 17.7. The number of para-hydroxylation sites is 4. The lowest BCUT2D eigenvalue weighted by Crippen LogP contribution is -2.00. The van der Waals surface area contributed by atoms with E-state index in [-0.39, 0.29) is 12.3 Å². The minimum atomic E-state index is 0. The second-order valence-corrected chi connectivity index (χ2v) is 5.56. The van der Waals surface area contributed by atoms with Gasteiger partial charge in [-0.05, 0) is 37.1 Å². The van der Waals surface area contributed by atoms with Gasteiger partial charge in [-0.15, -0.1) is 0 Å². The lowest BCUT2D eigenvalue weighted by Gasteiger charge is -2.06. The summed E-state index contributed by atoms with van der Waals surface area (Å²) in [7, 11) is 0. The van der Waals surface area contributed by atoms with Crippen molar-refractivity contribution in [3.8, 4) is 0 Å². The average Bonchev–Trinajstić information content (AvgIpc) is 3.16. The molecule has 2 aromatic carbocycles. The van der Waals surface area contributed by atoms with Gasteiger partial charge in [-0.3, -0.25) is 0 Å². The Morgan fingerprint density at radius 3 is 1.50 bits per heavy atom. The molecule has 0 aliphatic carbocycles. The van der Waals surface area contributed by atoms with Crippen molar-refractivity contribution in [3.05, 3.63) is 61.2 Å². The van der Waals surface area contributed by atoms with E-state index in [2.05, 4.69) is 55.5 Å². The zero-order chi connectivity index (χ0) is 14.8. The van der Waals surface area contributed by atoms with E-state index >= 15 is 0 Å². The van der Waals surface area contributed by atoms with Crippen LogP contribution in [-0.2, 0) is 13.1 Å². The van der Waals surface area contributed by atoms with Gasteiger partial charge in [0, 0.05) is 13.1 Å². The van der Waals surface area contributed by atoms with E-state index in [1.54, 1.807) is 0 Å². The minimum absolute atomic E-state index is 0. The Balaban J connectivity index is 0.00000104. The van der Waals surface area contributed by atoms with Gasteiger partial charge >= 0.3 is 0 Å². The Bertz CT molecular complexity index is 832. The Labute approximate surface area is 141 Å². The van der Waals surface area contributed by atoms with E-state index < -0.39 is 0 Å². The zero-order valence-corrected chi connectivity index (χ0v) is 13.8. The molecule has 0 fully saturated rings. The molecule has 6 heteroatoms. The van der Waals surface area contributed by atoms with Crippen LogP contribution in [0.5, 0.6) is 0 Å². The molecule has 6 nitrogen and oxygen atoms in total. The van der Waals surface area contributed by atoms with Gasteiger partial charge in [0.2, 0.25) is 0 Å². The summed E-state index contributed by atoms with van der Waals surface area (Å²) in [4.78, 5) is 8.87. The molecule has 0 saturated carbocycles. The number of fused-ring (bicyclic) bond motifs is 2. The van der Waals surface area contributed by atoms with Crippen molar-refractivity contribution in [2.24, 2.45) is 0 Å². The number of hydrogen-bond acceptors (Lipinski definition) is 4. The van der Waals surface area contributed by atoms with Crippen molar-refractivity contribution in [3.63, 3.8) is 0 Å². The number of nitrogens with zero attached hydrogens (tertiary/aromatic N) is 4. The smallest absolute Gasteiger partial charge is 0.0958 e. The fourth-order valence-electron chi connectivity index (χ4n) is 2.94. The highest BCUT2D eigenvalue weighted by molar-refractivity contribution is 5.75. The van der Waals surface area contributed by atoms with Crippen LogP contribution in [-0.4, -0.2) is 19.1 Å². The lowest BCUT2D eigenvalue weighted by molar-refractivity contribution is 0.566. The molecule has 0 aliphatic rings. The Kier molecular flexibility index (Phi) is 5.68. The van der Waals surface area contributed by atoms with E-state index in [9.17, 15) is 0 Å². The highest BCUT2D eigenvalue weighted by Crippen LogP contribution is 2.15. The van der Waals surface area contributed by atoms with Crippen molar-refractivity contribution in [1.29, 1.82) is 0 Å². The van der Waals surface area contributed by atoms with Crippen LogP contribution >= 0.6 is 0 Å². The van der Waals surface area contributed by atoms with Gasteiger partial charge in [0.05, 0.1) is 34.7 Å². The predicted octanol–water partition coefficient (Wildman–Crippen LogP) is 4.19. The molecule has 0 saturated heterocycles. The largest absolute Gasteiger partial charge is 0.344 e. The van der Waals surface area contributed by atoms with Gasteiger partial charge in [-0.1, -0.05) is 24.3 Å². The van der Waals surface area contributed by atoms with Gasteiger partial charge in [0.15, 0.2) is 0 Å². The quantitative estimate of drug-likeness (QED) is 0.537. The van der Waals surface area contributed by atoms with Gasteiger partial charge in [0.25, 0.3) is 0 Å². The Morgan fingerprint density at radius 2 is 1.04 bits per heavy atom. The zero-order valence-electron chi connectivity index (χ0n) is 13.8. The van der Waals surface area contributed by atoms with Crippen LogP contribution in [0.4, 0.5) is 0 Å². The fraction of sp³-hybridized carbons (Fsp3) is 0.222. The normalized spacial score (nSPS) is 10.5. The molecule has 0 spiro atoms. The van der Waals surface area contributed by atoms with Gasteiger partial charge in [0.1, 0.15) is 0 Å². The summed E-state index contributed by atoms with van der Waals surface area (Å²) in [6, 6.07) is 16.6. The van der Waals surface area contributed by atoms with Crippen LogP contribution in [0.2, 0.25) is 0 Å². The number of imidazole rings is 2. The van der Waals surface area contributed by atoms with E-state index in [1.165, 1.54) is 11.0 Å². The topological polar surface area (TPSA) is 106 Å². The molecule has 0 radical (unpaired) electrons. The second kappa shape index (κ2) is 7.72. The monoisotopic (exact) mass is 324 g/mol. The molecule has 0 bridgehead atoms. The molecule has 0 amide bonds. The summed E-state index contributed by atoms with van der Waals surface area (Å²) in [5.74, 6) is 0. The van der Waals surface area contributed by atoms with Crippen LogP contribution < -0.4 is 12.3 Å². The van der Waals surface area contributed by atoms with Crippen LogP contribution in [0.25, 0.3) is 22.1 Å². The first-order valence-corrected chi connectivity index (χ1v) is 7.71. The number of unbranched alkanes of at least 4 members (excludes halogenated alkanes) is 1. The van der Waals surface area contributed by atoms with Crippen LogP contribution in [0.1, 0.15) is 12.8 Å².